The van der Waals surface area contributed by atoms with Crippen LogP contribution in [0.25, 0.3) is 21.9 Å². The molecule has 0 radical (unpaired) electrons. The Hall–Kier alpha value is -3.87. The summed E-state index contributed by atoms with van der Waals surface area (Å²) >= 11 is 0. The lowest BCUT2D eigenvalue weighted by Gasteiger charge is -2.14. The first kappa shape index (κ1) is 21.4. The molecular formula is C25H26N4O3. The number of carbonyl (C=O) groups is 1. The number of hydrogen-bond donors (Lipinski definition) is 2. The number of amides is 1. The Bertz CT molecular complexity index is 1420. The molecule has 0 unspecified atom stereocenters. The van der Waals surface area contributed by atoms with Gasteiger partial charge in [-0.05, 0) is 43.2 Å². The second-order valence-electron chi connectivity index (χ2n) is 7.86. The summed E-state index contributed by atoms with van der Waals surface area (Å²) in [4.78, 5) is 40.9. The Kier molecular flexibility index (Phi) is 6.07. The van der Waals surface area contributed by atoms with Crippen molar-refractivity contribution in [3.63, 3.8) is 0 Å². The summed E-state index contributed by atoms with van der Waals surface area (Å²) in [6.07, 6.45) is 4.37. The predicted molar refractivity (Wildman–Crippen MR) is 127 cm³/mol. The third kappa shape index (κ3) is 4.14. The average molecular weight is 431 g/mol. The zero-order valence-electron chi connectivity index (χ0n) is 18.1. The van der Waals surface area contributed by atoms with E-state index in [0.717, 1.165) is 16.5 Å². The SMILES string of the molecule is C=CCn1c(=O)c(=O)n(CCC(=O)NCCc2c[nH]c3ccc(C)cc23)c2ccccc21. The number of aromatic amines is 1. The molecule has 2 aromatic carbocycles. The molecule has 0 saturated carbocycles. The first-order valence-corrected chi connectivity index (χ1v) is 10.7. The molecule has 2 heterocycles. The molecule has 2 aromatic heterocycles. The van der Waals surface area contributed by atoms with Gasteiger partial charge in [-0.25, -0.2) is 0 Å². The van der Waals surface area contributed by atoms with Crippen LogP contribution in [0.1, 0.15) is 17.5 Å². The molecule has 0 saturated heterocycles. The lowest BCUT2D eigenvalue weighted by Crippen LogP contribution is -2.42. The fourth-order valence-electron chi connectivity index (χ4n) is 4.04. The number of H-pyrrole nitrogens is 1. The van der Waals surface area contributed by atoms with E-state index in [-0.39, 0.29) is 25.4 Å². The van der Waals surface area contributed by atoms with E-state index in [9.17, 15) is 14.4 Å². The summed E-state index contributed by atoms with van der Waals surface area (Å²) in [5.41, 5.74) is 3.44. The van der Waals surface area contributed by atoms with E-state index in [1.165, 1.54) is 14.7 Å². The smallest absolute Gasteiger partial charge is 0.317 e. The molecule has 0 bridgehead atoms. The van der Waals surface area contributed by atoms with Crippen LogP contribution in [0.3, 0.4) is 0 Å². The summed E-state index contributed by atoms with van der Waals surface area (Å²) in [6.45, 7) is 6.60. The monoisotopic (exact) mass is 430 g/mol. The van der Waals surface area contributed by atoms with Crippen molar-refractivity contribution in [1.82, 2.24) is 19.4 Å². The first-order valence-electron chi connectivity index (χ1n) is 10.7. The van der Waals surface area contributed by atoms with Gasteiger partial charge in [-0.3, -0.25) is 19.0 Å². The van der Waals surface area contributed by atoms with Crippen LogP contribution in [0.2, 0.25) is 0 Å². The second-order valence-corrected chi connectivity index (χ2v) is 7.86. The fraction of sp³-hybridized carbons (Fsp3) is 0.240. The minimum atomic E-state index is -0.632. The van der Waals surface area contributed by atoms with Crippen LogP contribution in [-0.2, 0) is 24.3 Å². The molecule has 7 heteroatoms. The molecule has 7 nitrogen and oxygen atoms in total. The molecule has 0 aliphatic rings. The van der Waals surface area contributed by atoms with Crippen molar-refractivity contribution in [2.24, 2.45) is 0 Å². The highest BCUT2D eigenvalue weighted by atomic mass is 16.2. The number of aromatic nitrogens is 3. The van der Waals surface area contributed by atoms with Gasteiger partial charge in [0.05, 0.1) is 11.0 Å². The first-order chi connectivity index (χ1) is 15.5. The van der Waals surface area contributed by atoms with E-state index in [1.54, 1.807) is 18.2 Å². The third-order valence-electron chi connectivity index (χ3n) is 5.65. The fourth-order valence-corrected chi connectivity index (χ4v) is 4.04. The van der Waals surface area contributed by atoms with Gasteiger partial charge in [0.15, 0.2) is 0 Å². The zero-order valence-corrected chi connectivity index (χ0v) is 18.1. The van der Waals surface area contributed by atoms with E-state index in [0.29, 0.717) is 24.0 Å². The minimum absolute atomic E-state index is 0.113. The molecule has 0 aliphatic heterocycles. The lowest BCUT2D eigenvalue weighted by atomic mass is 10.1. The van der Waals surface area contributed by atoms with Gasteiger partial charge in [-0.1, -0.05) is 29.8 Å². The van der Waals surface area contributed by atoms with Crippen molar-refractivity contribution in [2.45, 2.75) is 32.9 Å². The van der Waals surface area contributed by atoms with Gasteiger partial charge in [0.25, 0.3) is 0 Å². The van der Waals surface area contributed by atoms with Gasteiger partial charge >= 0.3 is 11.1 Å². The average Bonchev–Trinajstić information content (AvgIpc) is 3.18. The minimum Gasteiger partial charge on any atom is -0.361 e. The molecule has 1 amide bonds. The van der Waals surface area contributed by atoms with Crippen LogP contribution in [0, 0.1) is 6.92 Å². The van der Waals surface area contributed by atoms with Crippen LogP contribution in [0.5, 0.6) is 0 Å². The van der Waals surface area contributed by atoms with Gasteiger partial charge < -0.3 is 14.9 Å². The number of rotatable bonds is 8. The Morgan fingerprint density at radius 3 is 2.56 bits per heavy atom. The number of carbonyl (C=O) groups excluding carboxylic acids is 1. The predicted octanol–water partition coefficient (Wildman–Crippen LogP) is 2.89. The zero-order chi connectivity index (χ0) is 22.7. The molecule has 0 fully saturated rings. The Morgan fingerprint density at radius 1 is 1.09 bits per heavy atom. The molecule has 32 heavy (non-hydrogen) atoms. The van der Waals surface area contributed by atoms with E-state index in [1.807, 2.05) is 18.3 Å². The van der Waals surface area contributed by atoms with E-state index in [4.69, 9.17) is 0 Å². The van der Waals surface area contributed by atoms with E-state index in [2.05, 4.69) is 42.0 Å². The highest BCUT2D eigenvalue weighted by Crippen LogP contribution is 2.19. The summed E-state index contributed by atoms with van der Waals surface area (Å²) in [7, 11) is 0. The van der Waals surface area contributed by atoms with Gasteiger partial charge in [0.2, 0.25) is 5.91 Å². The summed E-state index contributed by atoms with van der Waals surface area (Å²) < 4.78 is 2.80. The number of para-hydroxylation sites is 2. The standard InChI is InChI=1S/C25H26N4O3/c1-3-13-28-21-6-4-5-7-22(21)29(25(32)24(28)31)14-11-23(30)26-12-10-18-16-27-20-9-8-17(2)15-19(18)20/h3-9,15-16,27H,1,10-14H2,2H3,(H,26,30). The number of allylic oxidation sites excluding steroid dienone is 1. The molecule has 0 spiro atoms. The van der Waals surface area contributed by atoms with Crippen LogP contribution in [0.4, 0.5) is 0 Å². The Morgan fingerprint density at radius 2 is 1.81 bits per heavy atom. The highest BCUT2D eigenvalue weighted by Gasteiger charge is 2.13. The van der Waals surface area contributed by atoms with Gasteiger partial charge in [-0.2, -0.15) is 0 Å². The molecule has 4 aromatic rings. The van der Waals surface area contributed by atoms with Crippen molar-refractivity contribution in [3.05, 3.63) is 93.2 Å². The van der Waals surface area contributed by atoms with Crippen LogP contribution >= 0.6 is 0 Å². The van der Waals surface area contributed by atoms with Gasteiger partial charge in [0, 0.05) is 43.2 Å². The molecule has 0 aliphatic carbocycles. The molecule has 2 N–H and O–H groups in total. The maximum absolute atomic E-state index is 12.7. The lowest BCUT2D eigenvalue weighted by molar-refractivity contribution is -0.121. The normalized spacial score (nSPS) is 11.2. The van der Waals surface area contributed by atoms with Crippen LogP contribution in [-0.4, -0.2) is 26.6 Å². The number of fused-ring (bicyclic) bond motifs is 2. The van der Waals surface area contributed by atoms with Crippen molar-refractivity contribution in [2.75, 3.05) is 6.54 Å². The van der Waals surface area contributed by atoms with Crippen molar-refractivity contribution in [1.29, 1.82) is 0 Å². The number of aryl methyl sites for hydroxylation is 2. The topological polar surface area (TPSA) is 88.9 Å². The number of nitrogens with one attached hydrogen (secondary N) is 2. The third-order valence-corrected chi connectivity index (χ3v) is 5.65. The highest BCUT2D eigenvalue weighted by molar-refractivity contribution is 5.84. The quantitative estimate of drug-likeness (QED) is 0.333. The van der Waals surface area contributed by atoms with Crippen molar-refractivity contribution in [3.8, 4) is 0 Å². The number of benzene rings is 2. The number of hydrogen-bond acceptors (Lipinski definition) is 3. The molecule has 164 valence electrons. The molecular weight excluding hydrogens is 404 g/mol. The van der Waals surface area contributed by atoms with Crippen LogP contribution < -0.4 is 16.4 Å². The van der Waals surface area contributed by atoms with Crippen molar-refractivity contribution < 1.29 is 4.79 Å². The summed E-state index contributed by atoms with van der Waals surface area (Å²) in [5.74, 6) is -0.160. The molecule has 0 atom stereocenters. The maximum atomic E-state index is 12.7. The van der Waals surface area contributed by atoms with E-state index >= 15 is 0 Å². The summed E-state index contributed by atoms with van der Waals surface area (Å²) in [5, 5.41) is 4.08. The van der Waals surface area contributed by atoms with E-state index < -0.39 is 11.1 Å². The van der Waals surface area contributed by atoms with Crippen molar-refractivity contribution >= 4 is 27.8 Å². The second kappa shape index (κ2) is 9.09. The summed E-state index contributed by atoms with van der Waals surface area (Å²) in [6, 6.07) is 13.4. The Balaban J connectivity index is 1.44. The van der Waals surface area contributed by atoms with Gasteiger partial charge in [0.1, 0.15) is 0 Å². The largest absolute Gasteiger partial charge is 0.361 e. The molecule has 4 rings (SSSR count). The Labute approximate surface area is 185 Å². The van der Waals surface area contributed by atoms with Gasteiger partial charge in [-0.15, -0.1) is 6.58 Å². The maximum Gasteiger partial charge on any atom is 0.317 e. The number of nitrogens with zero attached hydrogens (tertiary/aromatic N) is 2. The van der Waals surface area contributed by atoms with Crippen LogP contribution in [0.15, 0.2) is 70.9 Å².